The second kappa shape index (κ2) is 7.01. The van der Waals surface area contributed by atoms with Crippen molar-refractivity contribution in [3.8, 4) is 5.75 Å². The molecule has 0 spiro atoms. The Morgan fingerprint density at radius 2 is 2.26 bits per heavy atom. The second-order valence-electron chi connectivity index (χ2n) is 5.26. The molecule has 3 rings (SSSR count). The number of aryl methyl sites for hydroxylation is 1. The fraction of sp³-hybridized carbons (Fsp3) is 0.467. The van der Waals surface area contributed by atoms with Gasteiger partial charge in [-0.25, -0.2) is 0 Å². The maximum Gasteiger partial charge on any atom is 0.387 e. The molecule has 8 heteroatoms. The zero-order chi connectivity index (χ0) is 16.2. The van der Waals surface area contributed by atoms with Crippen LogP contribution in [0.2, 0.25) is 0 Å². The summed E-state index contributed by atoms with van der Waals surface area (Å²) in [4.78, 5) is 2.13. The van der Waals surface area contributed by atoms with Gasteiger partial charge in [0.15, 0.2) is 0 Å². The van der Waals surface area contributed by atoms with Crippen molar-refractivity contribution in [3.05, 3.63) is 41.6 Å². The summed E-state index contributed by atoms with van der Waals surface area (Å²) in [6.45, 7) is 1.33. The SMILES string of the molecule is Cc1nnc(CN2CCOC(c3cccc(OC(F)F)c3)C2)o1. The standard InChI is InChI=1S/C15H17F2N3O3/c1-10-18-19-14(22-10)9-20-5-6-21-13(8-20)11-3-2-4-12(7-11)23-15(16)17/h2-4,7,13,15H,5-6,8-9H2,1H3. The minimum absolute atomic E-state index is 0.130. The average Bonchev–Trinajstić information content (AvgIpc) is 2.92. The van der Waals surface area contributed by atoms with Crippen molar-refractivity contribution in [2.24, 2.45) is 0 Å². The van der Waals surface area contributed by atoms with E-state index in [1.165, 1.54) is 6.07 Å². The molecule has 1 aliphatic heterocycles. The topological polar surface area (TPSA) is 60.6 Å². The number of hydrogen-bond donors (Lipinski definition) is 0. The smallest absolute Gasteiger partial charge is 0.387 e. The van der Waals surface area contributed by atoms with E-state index in [0.29, 0.717) is 31.5 Å². The predicted octanol–water partition coefficient (Wildman–Crippen LogP) is 2.55. The van der Waals surface area contributed by atoms with Crippen LogP contribution in [0.5, 0.6) is 5.75 Å². The lowest BCUT2D eigenvalue weighted by atomic mass is 10.1. The molecule has 0 N–H and O–H groups in total. The van der Waals surface area contributed by atoms with Gasteiger partial charge in [0.2, 0.25) is 11.8 Å². The minimum Gasteiger partial charge on any atom is -0.435 e. The number of halogens is 2. The Kier molecular flexibility index (Phi) is 4.82. The van der Waals surface area contributed by atoms with E-state index in [9.17, 15) is 8.78 Å². The molecule has 1 aromatic carbocycles. The van der Waals surface area contributed by atoms with Gasteiger partial charge in [-0.3, -0.25) is 4.90 Å². The Bertz CT molecular complexity index is 650. The largest absolute Gasteiger partial charge is 0.435 e. The molecule has 0 amide bonds. The Hall–Kier alpha value is -2.06. The lowest BCUT2D eigenvalue weighted by Crippen LogP contribution is -2.37. The molecule has 1 atom stereocenters. The maximum atomic E-state index is 12.3. The number of hydrogen-bond acceptors (Lipinski definition) is 6. The third-order valence-corrected chi connectivity index (χ3v) is 3.53. The quantitative estimate of drug-likeness (QED) is 0.842. The van der Waals surface area contributed by atoms with Gasteiger partial charge in [-0.05, 0) is 17.7 Å². The van der Waals surface area contributed by atoms with E-state index >= 15 is 0 Å². The van der Waals surface area contributed by atoms with Crippen LogP contribution in [0.1, 0.15) is 23.4 Å². The number of benzene rings is 1. The van der Waals surface area contributed by atoms with Crippen molar-refractivity contribution >= 4 is 0 Å². The first-order chi connectivity index (χ1) is 11.1. The summed E-state index contributed by atoms with van der Waals surface area (Å²) < 4.78 is 40.2. The molecule has 1 unspecified atom stereocenters. The number of ether oxygens (including phenoxy) is 2. The second-order valence-corrected chi connectivity index (χ2v) is 5.26. The van der Waals surface area contributed by atoms with Crippen LogP contribution in [0, 0.1) is 6.92 Å². The lowest BCUT2D eigenvalue weighted by molar-refractivity contribution is -0.0510. The Morgan fingerprint density at radius 1 is 1.39 bits per heavy atom. The Labute approximate surface area is 132 Å². The van der Waals surface area contributed by atoms with Gasteiger partial charge >= 0.3 is 6.61 Å². The van der Waals surface area contributed by atoms with Crippen LogP contribution in [0.4, 0.5) is 8.78 Å². The zero-order valence-electron chi connectivity index (χ0n) is 12.6. The monoisotopic (exact) mass is 325 g/mol. The van der Waals surface area contributed by atoms with Crippen molar-refractivity contribution < 1.29 is 22.7 Å². The average molecular weight is 325 g/mol. The fourth-order valence-corrected chi connectivity index (χ4v) is 2.53. The zero-order valence-corrected chi connectivity index (χ0v) is 12.6. The van der Waals surface area contributed by atoms with Gasteiger partial charge in [-0.2, -0.15) is 8.78 Å². The highest BCUT2D eigenvalue weighted by atomic mass is 19.3. The molecule has 1 saturated heterocycles. The third-order valence-electron chi connectivity index (χ3n) is 3.53. The first-order valence-electron chi connectivity index (χ1n) is 7.28. The molecule has 124 valence electrons. The van der Waals surface area contributed by atoms with E-state index in [4.69, 9.17) is 9.15 Å². The number of alkyl halides is 2. The predicted molar refractivity (Wildman–Crippen MR) is 76.1 cm³/mol. The van der Waals surface area contributed by atoms with E-state index < -0.39 is 6.61 Å². The number of morpholine rings is 1. The molecule has 0 aliphatic carbocycles. The van der Waals surface area contributed by atoms with Gasteiger partial charge in [0.25, 0.3) is 0 Å². The van der Waals surface area contributed by atoms with E-state index in [1.54, 1.807) is 19.1 Å². The summed E-state index contributed by atoms with van der Waals surface area (Å²) in [6.07, 6.45) is -0.214. The highest BCUT2D eigenvalue weighted by Crippen LogP contribution is 2.26. The molecule has 0 saturated carbocycles. The van der Waals surface area contributed by atoms with Crippen LogP contribution < -0.4 is 4.74 Å². The number of nitrogens with zero attached hydrogens (tertiary/aromatic N) is 3. The van der Waals surface area contributed by atoms with Gasteiger partial charge in [-0.15, -0.1) is 10.2 Å². The van der Waals surface area contributed by atoms with Crippen molar-refractivity contribution in [2.45, 2.75) is 26.2 Å². The lowest BCUT2D eigenvalue weighted by Gasteiger charge is -2.32. The molecule has 1 fully saturated rings. The molecule has 2 aromatic rings. The molecule has 0 radical (unpaired) electrons. The van der Waals surface area contributed by atoms with Crippen LogP contribution in [-0.2, 0) is 11.3 Å². The van der Waals surface area contributed by atoms with Gasteiger partial charge in [0.05, 0.1) is 19.3 Å². The highest BCUT2D eigenvalue weighted by Gasteiger charge is 2.24. The van der Waals surface area contributed by atoms with Gasteiger partial charge in [0.1, 0.15) is 5.75 Å². The van der Waals surface area contributed by atoms with Gasteiger partial charge < -0.3 is 13.9 Å². The summed E-state index contributed by atoms with van der Waals surface area (Å²) in [5, 5.41) is 7.79. The van der Waals surface area contributed by atoms with Crippen LogP contribution in [0.3, 0.4) is 0 Å². The summed E-state index contributed by atoms with van der Waals surface area (Å²) in [5.41, 5.74) is 0.801. The number of rotatable bonds is 5. The number of aromatic nitrogens is 2. The first kappa shape index (κ1) is 15.8. The van der Waals surface area contributed by atoms with Gasteiger partial charge in [0, 0.05) is 20.0 Å². The molecule has 1 aromatic heterocycles. The molecule has 6 nitrogen and oxygen atoms in total. The van der Waals surface area contributed by atoms with E-state index in [2.05, 4.69) is 19.8 Å². The molecule has 2 heterocycles. The molecule has 23 heavy (non-hydrogen) atoms. The third kappa shape index (κ3) is 4.23. The Balaban J connectivity index is 1.66. The highest BCUT2D eigenvalue weighted by molar-refractivity contribution is 5.30. The summed E-state index contributed by atoms with van der Waals surface area (Å²) in [6, 6.07) is 6.59. The van der Waals surface area contributed by atoms with Crippen LogP contribution in [0.15, 0.2) is 28.7 Å². The van der Waals surface area contributed by atoms with Crippen molar-refractivity contribution in [1.82, 2.24) is 15.1 Å². The van der Waals surface area contributed by atoms with Crippen molar-refractivity contribution in [1.29, 1.82) is 0 Å². The molecule has 1 aliphatic rings. The summed E-state index contributed by atoms with van der Waals surface area (Å²) in [7, 11) is 0. The summed E-state index contributed by atoms with van der Waals surface area (Å²) in [5.74, 6) is 1.21. The molecule has 0 bridgehead atoms. The van der Waals surface area contributed by atoms with E-state index in [-0.39, 0.29) is 11.9 Å². The van der Waals surface area contributed by atoms with E-state index in [1.807, 2.05) is 6.07 Å². The first-order valence-corrected chi connectivity index (χ1v) is 7.28. The van der Waals surface area contributed by atoms with Crippen molar-refractivity contribution in [2.75, 3.05) is 19.7 Å². The van der Waals surface area contributed by atoms with Crippen LogP contribution in [-0.4, -0.2) is 41.4 Å². The van der Waals surface area contributed by atoms with Crippen molar-refractivity contribution in [3.63, 3.8) is 0 Å². The molecular formula is C15H17F2N3O3. The minimum atomic E-state index is -2.84. The maximum absolute atomic E-state index is 12.3. The van der Waals surface area contributed by atoms with Crippen LogP contribution in [0.25, 0.3) is 0 Å². The normalized spacial score (nSPS) is 19.2. The van der Waals surface area contributed by atoms with Gasteiger partial charge in [-0.1, -0.05) is 12.1 Å². The fourth-order valence-electron chi connectivity index (χ4n) is 2.53. The van der Waals surface area contributed by atoms with E-state index in [0.717, 1.165) is 12.1 Å². The molecular weight excluding hydrogens is 308 g/mol. The Morgan fingerprint density at radius 3 is 3.00 bits per heavy atom. The van der Waals surface area contributed by atoms with Crippen LogP contribution >= 0.6 is 0 Å². The summed E-state index contributed by atoms with van der Waals surface area (Å²) >= 11 is 0.